The van der Waals surface area contributed by atoms with Gasteiger partial charge in [0.15, 0.2) is 0 Å². The first kappa shape index (κ1) is 13.6. The van der Waals surface area contributed by atoms with Gasteiger partial charge < -0.3 is 10.2 Å². The summed E-state index contributed by atoms with van der Waals surface area (Å²) in [6, 6.07) is 12.1. The Labute approximate surface area is 123 Å². The number of fused-ring (bicyclic) bond motifs is 1. The highest BCUT2D eigenvalue weighted by Gasteiger charge is 2.16. The second kappa shape index (κ2) is 5.56. The molecule has 0 aliphatic carbocycles. The van der Waals surface area contributed by atoms with Crippen molar-refractivity contribution < 1.29 is 9.18 Å². The SMILES string of the molecule is CN1CCc2ccc(NC(=O)Cc3cccc(F)c3)cc21. The zero-order valence-corrected chi connectivity index (χ0v) is 11.9. The second-order valence-corrected chi connectivity index (χ2v) is 5.37. The predicted octanol–water partition coefficient (Wildman–Crippen LogP) is 3.00. The van der Waals surface area contributed by atoms with Gasteiger partial charge in [0.25, 0.3) is 0 Å². The molecule has 0 radical (unpaired) electrons. The van der Waals surface area contributed by atoms with Crippen LogP contribution in [0.25, 0.3) is 0 Å². The van der Waals surface area contributed by atoms with Crippen LogP contribution in [-0.2, 0) is 17.6 Å². The van der Waals surface area contributed by atoms with Gasteiger partial charge in [-0.3, -0.25) is 4.79 Å². The molecular formula is C17H17FN2O. The maximum absolute atomic E-state index is 13.1. The molecule has 4 heteroatoms. The number of carbonyl (C=O) groups excluding carboxylic acids is 1. The molecule has 0 bridgehead atoms. The van der Waals surface area contributed by atoms with Crippen LogP contribution in [0.2, 0.25) is 0 Å². The smallest absolute Gasteiger partial charge is 0.228 e. The number of nitrogens with zero attached hydrogens (tertiary/aromatic N) is 1. The van der Waals surface area contributed by atoms with Gasteiger partial charge >= 0.3 is 0 Å². The molecule has 3 nitrogen and oxygen atoms in total. The first-order chi connectivity index (χ1) is 10.1. The summed E-state index contributed by atoms with van der Waals surface area (Å²) in [5.41, 5.74) is 3.92. The molecule has 1 heterocycles. The van der Waals surface area contributed by atoms with Crippen LogP contribution in [0.15, 0.2) is 42.5 Å². The van der Waals surface area contributed by atoms with Crippen molar-refractivity contribution in [3.8, 4) is 0 Å². The lowest BCUT2D eigenvalue weighted by Gasteiger charge is -2.13. The molecule has 1 aliphatic rings. The van der Waals surface area contributed by atoms with Gasteiger partial charge in [-0.05, 0) is 41.8 Å². The zero-order valence-electron chi connectivity index (χ0n) is 11.9. The Balaban J connectivity index is 1.69. The van der Waals surface area contributed by atoms with Crippen molar-refractivity contribution in [2.45, 2.75) is 12.8 Å². The minimum Gasteiger partial charge on any atom is -0.374 e. The molecule has 3 rings (SSSR count). The number of anilines is 2. The van der Waals surface area contributed by atoms with Crippen LogP contribution >= 0.6 is 0 Å². The van der Waals surface area contributed by atoms with E-state index in [0.29, 0.717) is 5.56 Å². The summed E-state index contributed by atoms with van der Waals surface area (Å²) in [4.78, 5) is 14.2. The zero-order chi connectivity index (χ0) is 14.8. The van der Waals surface area contributed by atoms with E-state index in [1.165, 1.54) is 23.4 Å². The van der Waals surface area contributed by atoms with Gasteiger partial charge in [0.2, 0.25) is 5.91 Å². The predicted molar refractivity (Wildman–Crippen MR) is 82.1 cm³/mol. The Hall–Kier alpha value is -2.36. The van der Waals surface area contributed by atoms with E-state index < -0.39 is 0 Å². The van der Waals surface area contributed by atoms with Gasteiger partial charge in [-0.1, -0.05) is 18.2 Å². The highest BCUT2D eigenvalue weighted by Crippen LogP contribution is 2.29. The molecule has 1 aliphatic heterocycles. The standard InChI is InChI=1S/C17H17FN2O/c1-20-8-7-13-5-6-15(11-16(13)20)19-17(21)10-12-3-2-4-14(18)9-12/h2-6,9,11H,7-8,10H2,1H3,(H,19,21). The van der Waals surface area contributed by atoms with E-state index in [-0.39, 0.29) is 18.1 Å². The molecule has 0 atom stereocenters. The summed E-state index contributed by atoms with van der Waals surface area (Å²) >= 11 is 0. The Bertz CT molecular complexity index is 684. The molecule has 0 unspecified atom stereocenters. The summed E-state index contributed by atoms with van der Waals surface area (Å²) in [7, 11) is 2.05. The van der Waals surface area contributed by atoms with Crippen molar-refractivity contribution in [2.24, 2.45) is 0 Å². The maximum atomic E-state index is 13.1. The van der Waals surface area contributed by atoms with E-state index >= 15 is 0 Å². The minimum atomic E-state index is -0.320. The lowest BCUT2D eigenvalue weighted by molar-refractivity contribution is -0.115. The number of rotatable bonds is 3. The average Bonchev–Trinajstić information content (AvgIpc) is 2.80. The quantitative estimate of drug-likeness (QED) is 0.939. The highest BCUT2D eigenvalue weighted by molar-refractivity contribution is 5.93. The number of benzene rings is 2. The molecule has 1 N–H and O–H groups in total. The normalized spacial score (nSPS) is 13.1. The van der Waals surface area contributed by atoms with Crippen LogP contribution in [0.4, 0.5) is 15.8 Å². The monoisotopic (exact) mass is 284 g/mol. The third-order valence-corrected chi connectivity index (χ3v) is 3.75. The van der Waals surface area contributed by atoms with Crippen LogP contribution in [0.1, 0.15) is 11.1 Å². The molecule has 21 heavy (non-hydrogen) atoms. The number of halogens is 1. The fourth-order valence-electron chi connectivity index (χ4n) is 2.65. The molecule has 0 saturated carbocycles. The molecule has 2 aromatic carbocycles. The van der Waals surface area contributed by atoms with Crippen LogP contribution in [0, 0.1) is 5.82 Å². The van der Waals surface area contributed by atoms with Crippen LogP contribution in [0.3, 0.4) is 0 Å². The van der Waals surface area contributed by atoms with Crippen molar-refractivity contribution in [3.63, 3.8) is 0 Å². The molecular weight excluding hydrogens is 267 g/mol. The van der Waals surface area contributed by atoms with Gasteiger partial charge in [-0.15, -0.1) is 0 Å². The fraction of sp³-hybridized carbons (Fsp3) is 0.235. The minimum absolute atomic E-state index is 0.138. The van der Waals surface area contributed by atoms with Crippen molar-refractivity contribution in [2.75, 3.05) is 23.8 Å². The second-order valence-electron chi connectivity index (χ2n) is 5.37. The van der Waals surface area contributed by atoms with Crippen molar-refractivity contribution in [3.05, 3.63) is 59.4 Å². The Morgan fingerprint density at radius 2 is 2.14 bits per heavy atom. The van der Waals surface area contributed by atoms with Crippen LogP contribution in [0.5, 0.6) is 0 Å². The highest BCUT2D eigenvalue weighted by atomic mass is 19.1. The van der Waals surface area contributed by atoms with E-state index in [1.54, 1.807) is 12.1 Å². The molecule has 108 valence electrons. The number of hydrogen-bond donors (Lipinski definition) is 1. The topological polar surface area (TPSA) is 32.3 Å². The summed E-state index contributed by atoms with van der Waals surface area (Å²) < 4.78 is 13.1. The van der Waals surface area contributed by atoms with Crippen LogP contribution < -0.4 is 10.2 Å². The van der Waals surface area contributed by atoms with E-state index in [0.717, 1.165) is 18.7 Å². The first-order valence-corrected chi connectivity index (χ1v) is 7.00. The fourth-order valence-corrected chi connectivity index (χ4v) is 2.65. The molecule has 0 fully saturated rings. The number of hydrogen-bond acceptors (Lipinski definition) is 2. The van der Waals surface area contributed by atoms with Gasteiger partial charge in [-0.2, -0.15) is 0 Å². The van der Waals surface area contributed by atoms with Crippen molar-refractivity contribution >= 4 is 17.3 Å². The number of amides is 1. The summed E-state index contributed by atoms with van der Waals surface area (Å²) in [5.74, 6) is -0.458. The third-order valence-electron chi connectivity index (χ3n) is 3.75. The number of likely N-dealkylation sites (N-methyl/N-ethyl adjacent to an activating group) is 1. The van der Waals surface area contributed by atoms with Gasteiger partial charge in [0.05, 0.1) is 6.42 Å². The Morgan fingerprint density at radius 3 is 2.95 bits per heavy atom. The molecule has 1 amide bonds. The van der Waals surface area contributed by atoms with Gasteiger partial charge in [0, 0.05) is 25.0 Å². The van der Waals surface area contributed by atoms with E-state index in [1.807, 2.05) is 19.2 Å². The summed E-state index contributed by atoms with van der Waals surface area (Å²) in [6.07, 6.45) is 1.22. The van der Waals surface area contributed by atoms with Gasteiger partial charge in [-0.25, -0.2) is 4.39 Å². The Kier molecular flexibility index (Phi) is 3.60. The molecule has 0 aromatic heterocycles. The Morgan fingerprint density at radius 1 is 1.29 bits per heavy atom. The molecule has 0 saturated heterocycles. The van der Waals surface area contributed by atoms with Crippen molar-refractivity contribution in [1.29, 1.82) is 0 Å². The maximum Gasteiger partial charge on any atom is 0.228 e. The summed E-state index contributed by atoms with van der Waals surface area (Å²) in [6.45, 7) is 1.01. The lowest BCUT2D eigenvalue weighted by Crippen LogP contribution is -2.15. The van der Waals surface area contributed by atoms with E-state index in [2.05, 4.69) is 16.3 Å². The average molecular weight is 284 g/mol. The molecule has 0 spiro atoms. The van der Waals surface area contributed by atoms with E-state index in [9.17, 15) is 9.18 Å². The van der Waals surface area contributed by atoms with Gasteiger partial charge in [0.1, 0.15) is 5.82 Å². The first-order valence-electron chi connectivity index (χ1n) is 7.00. The van der Waals surface area contributed by atoms with Crippen molar-refractivity contribution in [1.82, 2.24) is 0 Å². The third kappa shape index (κ3) is 3.05. The number of nitrogens with one attached hydrogen (secondary N) is 1. The molecule has 2 aromatic rings. The largest absolute Gasteiger partial charge is 0.374 e. The van der Waals surface area contributed by atoms with Crippen LogP contribution in [-0.4, -0.2) is 19.5 Å². The summed E-state index contributed by atoms with van der Waals surface area (Å²) in [5, 5.41) is 2.87. The number of carbonyl (C=O) groups is 1. The van der Waals surface area contributed by atoms with E-state index in [4.69, 9.17) is 0 Å². The lowest BCUT2D eigenvalue weighted by atomic mass is 10.1.